The van der Waals surface area contributed by atoms with Gasteiger partial charge in [-0.3, -0.25) is 9.69 Å². The molecule has 1 atom stereocenters. The van der Waals surface area contributed by atoms with Crippen molar-refractivity contribution < 1.29 is 18.7 Å². The largest absolute Gasteiger partial charge is 0.480 e. The van der Waals surface area contributed by atoms with Crippen molar-refractivity contribution in [3.8, 4) is 11.3 Å². The predicted molar refractivity (Wildman–Crippen MR) is 79.9 cm³/mol. The lowest BCUT2D eigenvalue weighted by molar-refractivity contribution is -0.142. The van der Waals surface area contributed by atoms with Crippen molar-refractivity contribution in [3.63, 3.8) is 0 Å². The van der Waals surface area contributed by atoms with Gasteiger partial charge < -0.3 is 9.52 Å². The van der Waals surface area contributed by atoms with Crippen molar-refractivity contribution in [1.82, 2.24) is 4.90 Å². The van der Waals surface area contributed by atoms with Crippen molar-refractivity contribution in [3.05, 3.63) is 47.5 Å². The van der Waals surface area contributed by atoms with Gasteiger partial charge >= 0.3 is 5.97 Å². The Morgan fingerprint density at radius 3 is 3.00 bits per heavy atom. The van der Waals surface area contributed by atoms with Crippen molar-refractivity contribution in [2.24, 2.45) is 0 Å². The molecule has 1 aliphatic rings. The Morgan fingerprint density at radius 1 is 1.41 bits per heavy atom. The summed E-state index contributed by atoms with van der Waals surface area (Å²) in [5.41, 5.74) is 1.27. The van der Waals surface area contributed by atoms with Crippen molar-refractivity contribution >= 4 is 5.97 Å². The van der Waals surface area contributed by atoms with Crippen LogP contribution in [0.4, 0.5) is 4.39 Å². The Bertz CT molecular complexity index is 695. The summed E-state index contributed by atoms with van der Waals surface area (Å²) in [5, 5.41) is 9.20. The molecule has 1 unspecified atom stereocenters. The minimum atomic E-state index is -0.787. The summed E-state index contributed by atoms with van der Waals surface area (Å²) in [7, 11) is 0. The van der Waals surface area contributed by atoms with Gasteiger partial charge in [-0.2, -0.15) is 0 Å². The van der Waals surface area contributed by atoms with Crippen LogP contribution in [0.25, 0.3) is 11.3 Å². The number of carboxylic acid groups (broad SMARTS) is 1. The normalized spacial score (nSPS) is 18.7. The Hall–Kier alpha value is -2.14. The molecule has 116 valence electrons. The summed E-state index contributed by atoms with van der Waals surface area (Å²) in [5.74, 6) is 0.260. The maximum atomic E-state index is 13.6. The molecule has 1 aromatic heterocycles. The van der Waals surface area contributed by atoms with Crippen LogP contribution in [-0.4, -0.2) is 28.6 Å². The lowest BCUT2D eigenvalue weighted by atomic mass is 10.1. The number of furan rings is 1. The number of carboxylic acids is 1. The second-order valence-electron chi connectivity index (χ2n) is 5.65. The van der Waals surface area contributed by atoms with Gasteiger partial charge in [0.25, 0.3) is 0 Å². The molecule has 1 N–H and O–H groups in total. The van der Waals surface area contributed by atoms with Gasteiger partial charge in [-0.25, -0.2) is 4.39 Å². The quantitative estimate of drug-likeness (QED) is 0.940. The van der Waals surface area contributed by atoms with Gasteiger partial charge in [0.1, 0.15) is 23.4 Å². The number of nitrogens with zero attached hydrogens (tertiary/aromatic N) is 1. The van der Waals surface area contributed by atoms with E-state index in [1.54, 1.807) is 13.0 Å². The number of hydrogen-bond acceptors (Lipinski definition) is 3. The topological polar surface area (TPSA) is 53.7 Å². The zero-order valence-corrected chi connectivity index (χ0v) is 12.4. The molecule has 5 heteroatoms. The molecule has 0 amide bonds. The molecule has 0 aliphatic carbocycles. The summed E-state index contributed by atoms with van der Waals surface area (Å²) in [4.78, 5) is 13.1. The van der Waals surface area contributed by atoms with Gasteiger partial charge in [-0.1, -0.05) is 12.1 Å². The monoisotopic (exact) mass is 303 g/mol. The van der Waals surface area contributed by atoms with Crippen LogP contribution in [0.1, 0.15) is 24.2 Å². The first-order chi connectivity index (χ1) is 10.6. The number of halogens is 1. The van der Waals surface area contributed by atoms with Gasteiger partial charge in [-0.05, 0) is 50.1 Å². The molecule has 1 aromatic carbocycles. The first-order valence-electron chi connectivity index (χ1n) is 7.37. The third kappa shape index (κ3) is 2.76. The smallest absolute Gasteiger partial charge is 0.320 e. The van der Waals surface area contributed by atoms with Crippen LogP contribution >= 0.6 is 0 Å². The summed E-state index contributed by atoms with van der Waals surface area (Å²) in [6, 6.07) is 8.09. The van der Waals surface area contributed by atoms with Crippen LogP contribution in [0.5, 0.6) is 0 Å². The van der Waals surface area contributed by atoms with Crippen LogP contribution in [0.2, 0.25) is 0 Å². The highest BCUT2D eigenvalue weighted by atomic mass is 19.1. The highest BCUT2D eigenvalue weighted by molar-refractivity contribution is 5.73. The number of benzene rings is 1. The molecule has 0 saturated carbocycles. The highest BCUT2D eigenvalue weighted by Crippen LogP contribution is 2.28. The van der Waals surface area contributed by atoms with Gasteiger partial charge in [-0.15, -0.1) is 0 Å². The molecule has 2 heterocycles. The molecule has 2 aromatic rings. The van der Waals surface area contributed by atoms with E-state index in [2.05, 4.69) is 0 Å². The molecule has 1 fully saturated rings. The lowest BCUT2D eigenvalue weighted by Crippen LogP contribution is -2.35. The lowest BCUT2D eigenvalue weighted by Gasteiger charge is -2.19. The SMILES string of the molecule is Cc1c(F)cccc1-c1ccc(CN2CCCC2C(=O)O)o1. The highest BCUT2D eigenvalue weighted by Gasteiger charge is 2.30. The molecule has 1 saturated heterocycles. The van der Waals surface area contributed by atoms with Gasteiger partial charge in [0.05, 0.1) is 6.54 Å². The van der Waals surface area contributed by atoms with E-state index in [1.807, 2.05) is 23.1 Å². The fraction of sp³-hybridized carbons (Fsp3) is 0.353. The third-order valence-electron chi connectivity index (χ3n) is 4.20. The van der Waals surface area contributed by atoms with Crippen molar-refractivity contribution in [2.45, 2.75) is 32.4 Å². The third-order valence-corrected chi connectivity index (χ3v) is 4.20. The van der Waals surface area contributed by atoms with E-state index in [9.17, 15) is 14.3 Å². The summed E-state index contributed by atoms with van der Waals surface area (Å²) in [6.45, 7) is 2.94. The van der Waals surface area contributed by atoms with E-state index in [0.29, 0.717) is 30.0 Å². The van der Waals surface area contributed by atoms with E-state index in [0.717, 1.165) is 18.5 Å². The van der Waals surface area contributed by atoms with Crippen LogP contribution in [-0.2, 0) is 11.3 Å². The standard InChI is InChI=1S/C17H18FNO3/c1-11-13(4-2-5-14(11)18)16-8-7-12(22-16)10-19-9-3-6-15(19)17(20)21/h2,4-5,7-8,15H,3,6,9-10H2,1H3,(H,20,21). The number of aliphatic carboxylic acids is 1. The maximum Gasteiger partial charge on any atom is 0.320 e. The molecular weight excluding hydrogens is 285 g/mol. The minimum Gasteiger partial charge on any atom is -0.480 e. The van der Waals surface area contributed by atoms with Crippen LogP contribution in [0, 0.1) is 12.7 Å². The van der Waals surface area contributed by atoms with Crippen molar-refractivity contribution in [2.75, 3.05) is 6.54 Å². The van der Waals surface area contributed by atoms with Gasteiger partial charge in [0.15, 0.2) is 0 Å². The Balaban J connectivity index is 1.79. The Morgan fingerprint density at radius 2 is 2.23 bits per heavy atom. The number of likely N-dealkylation sites (tertiary alicyclic amines) is 1. The van der Waals surface area contributed by atoms with E-state index in [1.165, 1.54) is 6.07 Å². The number of carbonyl (C=O) groups is 1. The first kappa shape index (κ1) is 14.8. The molecule has 22 heavy (non-hydrogen) atoms. The second-order valence-corrected chi connectivity index (χ2v) is 5.65. The van der Waals surface area contributed by atoms with E-state index in [-0.39, 0.29) is 5.82 Å². The first-order valence-corrected chi connectivity index (χ1v) is 7.37. The summed E-state index contributed by atoms with van der Waals surface area (Å²) >= 11 is 0. The molecule has 0 spiro atoms. The zero-order valence-electron chi connectivity index (χ0n) is 12.4. The Labute approximate surface area is 128 Å². The fourth-order valence-corrected chi connectivity index (χ4v) is 2.98. The summed E-state index contributed by atoms with van der Waals surface area (Å²) < 4.78 is 19.4. The number of hydrogen-bond donors (Lipinski definition) is 1. The summed E-state index contributed by atoms with van der Waals surface area (Å²) in [6.07, 6.45) is 1.56. The molecule has 1 aliphatic heterocycles. The zero-order chi connectivity index (χ0) is 15.7. The molecule has 4 nitrogen and oxygen atoms in total. The van der Waals surface area contributed by atoms with Crippen molar-refractivity contribution in [1.29, 1.82) is 0 Å². The average Bonchev–Trinajstić information content (AvgIpc) is 3.12. The molecular formula is C17H18FNO3. The fourth-order valence-electron chi connectivity index (χ4n) is 2.98. The Kier molecular flexibility index (Phi) is 3.98. The number of rotatable bonds is 4. The van der Waals surface area contributed by atoms with E-state index in [4.69, 9.17) is 4.42 Å². The van der Waals surface area contributed by atoms with E-state index >= 15 is 0 Å². The van der Waals surface area contributed by atoms with Gasteiger partial charge in [0, 0.05) is 5.56 Å². The van der Waals surface area contributed by atoms with Crippen LogP contribution in [0.3, 0.4) is 0 Å². The maximum absolute atomic E-state index is 13.6. The molecule has 0 radical (unpaired) electrons. The predicted octanol–water partition coefficient (Wildman–Crippen LogP) is 3.44. The van der Waals surface area contributed by atoms with Crippen LogP contribution in [0.15, 0.2) is 34.7 Å². The second kappa shape index (κ2) is 5.93. The molecule has 0 bridgehead atoms. The molecule has 3 rings (SSSR count). The average molecular weight is 303 g/mol. The van der Waals surface area contributed by atoms with Crippen LogP contribution < -0.4 is 0 Å². The van der Waals surface area contributed by atoms with E-state index < -0.39 is 12.0 Å². The van der Waals surface area contributed by atoms with Gasteiger partial charge in [0.2, 0.25) is 0 Å². The minimum absolute atomic E-state index is 0.263.